The fraction of sp³-hybridized carbons (Fsp3) is 0.562. The molecule has 0 aliphatic heterocycles. The minimum atomic E-state index is -0.367. The Morgan fingerprint density at radius 3 is 2.05 bits per heavy atom. The highest BCUT2D eigenvalue weighted by molar-refractivity contribution is 7.21. The minimum Gasteiger partial charge on any atom is -0.496 e. The molecular weight excluding hydrogens is 271 g/mol. The highest BCUT2D eigenvalue weighted by Crippen LogP contribution is 2.43. The maximum absolute atomic E-state index is 13.0. The fourth-order valence-electron chi connectivity index (χ4n) is 2.93. The topological polar surface area (TPSA) is 35.5 Å². The number of ether oxygens (including phenoxy) is 2. The van der Waals surface area contributed by atoms with Crippen LogP contribution in [0.5, 0.6) is 11.5 Å². The summed E-state index contributed by atoms with van der Waals surface area (Å²) in [5.74, 6) is 1.34. The lowest BCUT2D eigenvalue weighted by atomic mass is 9.82. The summed E-state index contributed by atoms with van der Waals surface area (Å²) >= 11 is 0. The van der Waals surface area contributed by atoms with Crippen molar-refractivity contribution < 1.29 is 14.3 Å². The minimum absolute atomic E-state index is 0.121. The number of benzene rings is 1. The molecule has 0 aromatic heterocycles. The molecule has 0 heterocycles. The van der Waals surface area contributed by atoms with Gasteiger partial charge in [-0.05, 0) is 37.5 Å². The van der Waals surface area contributed by atoms with E-state index in [1.807, 2.05) is 19.1 Å². The third kappa shape index (κ3) is 2.83. The summed E-state index contributed by atoms with van der Waals surface area (Å²) < 4.78 is 10.8. The Morgan fingerprint density at radius 2 is 1.60 bits per heavy atom. The van der Waals surface area contributed by atoms with Crippen LogP contribution in [0.15, 0.2) is 12.1 Å². The van der Waals surface area contributed by atoms with Crippen LogP contribution in [-0.4, -0.2) is 25.2 Å². The highest BCUT2D eigenvalue weighted by atomic mass is 31.0. The normalized spacial score (nSPS) is 17.6. The summed E-state index contributed by atoms with van der Waals surface area (Å²) in [7, 11) is 5.99. The summed E-state index contributed by atoms with van der Waals surface area (Å²) in [6, 6.07) is 3.79. The maximum Gasteiger partial charge on any atom is 0.180 e. The molecule has 1 aromatic carbocycles. The van der Waals surface area contributed by atoms with Gasteiger partial charge >= 0.3 is 0 Å². The van der Waals surface area contributed by atoms with Crippen LogP contribution in [-0.2, 0) is 0 Å². The van der Waals surface area contributed by atoms with Crippen molar-refractivity contribution in [3.63, 3.8) is 0 Å². The van der Waals surface area contributed by atoms with E-state index in [0.29, 0.717) is 17.1 Å². The van der Waals surface area contributed by atoms with Gasteiger partial charge < -0.3 is 9.47 Å². The van der Waals surface area contributed by atoms with Gasteiger partial charge in [-0.25, -0.2) is 0 Å². The second-order valence-corrected chi connectivity index (χ2v) is 6.70. The second-order valence-electron chi connectivity index (χ2n) is 5.59. The van der Waals surface area contributed by atoms with Crippen LogP contribution in [0.1, 0.15) is 48.0 Å². The number of hydrogen-bond acceptors (Lipinski definition) is 3. The van der Waals surface area contributed by atoms with E-state index in [1.54, 1.807) is 14.2 Å². The van der Waals surface area contributed by atoms with Crippen molar-refractivity contribution in [3.05, 3.63) is 23.3 Å². The first-order chi connectivity index (χ1) is 9.51. The number of Topliss-reactive ketones (excluding diaryl/α,β-unsaturated/α-hetero) is 1. The SMILES string of the molecule is COc1cc(C)cc(OC)c1C(=O)C1(P)CCCCC1. The predicted octanol–water partition coefficient (Wildman–Crippen LogP) is 3.77. The molecule has 1 saturated carbocycles. The van der Waals surface area contributed by atoms with E-state index in [2.05, 4.69) is 9.24 Å². The van der Waals surface area contributed by atoms with Crippen LogP contribution in [0.2, 0.25) is 0 Å². The molecule has 3 nitrogen and oxygen atoms in total. The maximum atomic E-state index is 13.0. The van der Waals surface area contributed by atoms with Crippen molar-refractivity contribution in [2.45, 2.75) is 44.2 Å². The Bertz CT molecular complexity index is 479. The highest BCUT2D eigenvalue weighted by Gasteiger charge is 2.38. The summed E-state index contributed by atoms with van der Waals surface area (Å²) in [5.41, 5.74) is 1.61. The van der Waals surface area contributed by atoms with Crippen LogP contribution in [0.3, 0.4) is 0 Å². The molecular formula is C16H23O3P. The number of carbonyl (C=O) groups is 1. The first-order valence-electron chi connectivity index (χ1n) is 7.08. The van der Waals surface area contributed by atoms with Gasteiger partial charge in [0.15, 0.2) is 5.78 Å². The quantitative estimate of drug-likeness (QED) is 0.626. The number of methoxy groups -OCH3 is 2. The summed E-state index contributed by atoms with van der Waals surface area (Å²) in [4.78, 5) is 13.0. The Balaban J connectivity index is 2.47. The molecule has 1 fully saturated rings. The average molecular weight is 294 g/mol. The molecule has 2 rings (SSSR count). The number of hydrogen-bond donors (Lipinski definition) is 0. The second kappa shape index (κ2) is 6.13. The predicted molar refractivity (Wildman–Crippen MR) is 84.1 cm³/mol. The molecule has 0 amide bonds. The average Bonchev–Trinajstić information content (AvgIpc) is 2.46. The van der Waals surface area contributed by atoms with E-state index in [4.69, 9.17) is 9.47 Å². The van der Waals surface area contributed by atoms with E-state index in [1.165, 1.54) is 6.42 Å². The van der Waals surface area contributed by atoms with E-state index < -0.39 is 0 Å². The lowest BCUT2D eigenvalue weighted by Crippen LogP contribution is -2.34. The monoisotopic (exact) mass is 294 g/mol. The molecule has 0 N–H and O–H groups in total. The zero-order valence-corrected chi connectivity index (χ0v) is 13.6. The van der Waals surface area contributed by atoms with Crippen LogP contribution >= 0.6 is 9.24 Å². The van der Waals surface area contributed by atoms with E-state index in [-0.39, 0.29) is 10.9 Å². The lowest BCUT2D eigenvalue weighted by molar-refractivity contribution is 0.0911. The van der Waals surface area contributed by atoms with Crippen molar-refractivity contribution in [2.75, 3.05) is 14.2 Å². The smallest absolute Gasteiger partial charge is 0.180 e. The van der Waals surface area contributed by atoms with E-state index in [0.717, 1.165) is 31.2 Å². The van der Waals surface area contributed by atoms with Gasteiger partial charge in [0.25, 0.3) is 0 Å². The van der Waals surface area contributed by atoms with Crippen LogP contribution in [0, 0.1) is 6.92 Å². The van der Waals surface area contributed by atoms with Crippen molar-refractivity contribution in [1.82, 2.24) is 0 Å². The van der Waals surface area contributed by atoms with Crippen molar-refractivity contribution in [1.29, 1.82) is 0 Å². The fourth-order valence-corrected chi connectivity index (χ4v) is 3.48. The van der Waals surface area contributed by atoms with E-state index >= 15 is 0 Å². The third-order valence-corrected chi connectivity index (χ3v) is 4.91. The van der Waals surface area contributed by atoms with Gasteiger partial charge in [-0.2, -0.15) is 0 Å². The summed E-state index contributed by atoms with van der Waals surface area (Å²) in [5, 5.41) is -0.367. The molecule has 1 unspecified atom stereocenters. The van der Waals surface area contributed by atoms with Crippen LogP contribution < -0.4 is 9.47 Å². The molecule has 1 aliphatic rings. The number of rotatable bonds is 4. The Morgan fingerprint density at radius 1 is 1.10 bits per heavy atom. The third-order valence-electron chi connectivity index (χ3n) is 4.08. The Hall–Kier alpha value is -1.08. The number of carbonyl (C=O) groups excluding carboxylic acids is 1. The van der Waals surface area contributed by atoms with E-state index in [9.17, 15) is 4.79 Å². The summed E-state index contributed by atoms with van der Waals surface area (Å²) in [6.45, 7) is 1.97. The Labute approximate surface area is 123 Å². The van der Waals surface area contributed by atoms with Gasteiger partial charge in [-0.1, -0.05) is 19.3 Å². The molecule has 0 spiro atoms. The lowest BCUT2D eigenvalue weighted by Gasteiger charge is -2.32. The van der Waals surface area contributed by atoms with Crippen molar-refractivity contribution in [2.24, 2.45) is 0 Å². The standard InChI is InChI=1S/C16H23O3P/c1-11-9-12(18-2)14(13(10-11)19-3)15(17)16(20)7-5-4-6-8-16/h9-10H,4-8,20H2,1-3H3. The molecule has 1 aromatic rings. The molecule has 20 heavy (non-hydrogen) atoms. The van der Waals surface area contributed by atoms with Gasteiger partial charge in [-0.3, -0.25) is 4.79 Å². The van der Waals surface area contributed by atoms with Gasteiger partial charge in [-0.15, -0.1) is 9.24 Å². The van der Waals surface area contributed by atoms with Crippen molar-refractivity contribution >= 4 is 15.0 Å². The van der Waals surface area contributed by atoms with Gasteiger partial charge in [0.05, 0.1) is 14.2 Å². The Kier molecular flexibility index (Phi) is 4.70. The van der Waals surface area contributed by atoms with Crippen molar-refractivity contribution in [3.8, 4) is 11.5 Å². The first kappa shape index (κ1) is 15.3. The molecule has 0 bridgehead atoms. The zero-order valence-electron chi connectivity index (χ0n) is 12.5. The molecule has 1 aliphatic carbocycles. The van der Waals surface area contributed by atoms with Gasteiger partial charge in [0.1, 0.15) is 17.1 Å². The molecule has 4 heteroatoms. The molecule has 0 radical (unpaired) electrons. The van der Waals surface area contributed by atoms with Crippen LogP contribution in [0.4, 0.5) is 0 Å². The number of ketones is 1. The van der Waals surface area contributed by atoms with Gasteiger partial charge in [0.2, 0.25) is 0 Å². The summed E-state index contributed by atoms with van der Waals surface area (Å²) in [6.07, 6.45) is 5.25. The molecule has 110 valence electrons. The van der Waals surface area contributed by atoms with Crippen LogP contribution in [0.25, 0.3) is 0 Å². The van der Waals surface area contributed by atoms with Gasteiger partial charge in [0, 0.05) is 5.16 Å². The largest absolute Gasteiger partial charge is 0.496 e. The molecule has 1 atom stereocenters. The molecule has 0 saturated heterocycles. The first-order valence-corrected chi connectivity index (χ1v) is 7.66. The zero-order chi connectivity index (χ0) is 14.8. The number of aryl methyl sites for hydroxylation is 1.